The lowest BCUT2D eigenvalue weighted by Crippen LogP contribution is -2.25. The van der Waals surface area contributed by atoms with Crippen LogP contribution in [0.4, 0.5) is 11.4 Å². The number of ether oxygens (including phenoxy) is 4. The lowest BCUT2D eigenvalue weighted by molar-refractivity contribution is -0.118. The Labute approximate surface area is 191 Å². The van der Waals surface area contributed by atoms with Crippen LogP contribution in [0.2, 0.25) is 0 Å². The highest BCUT2D eigenvalue weighted by Crippen LogP contribution is 2.43. The zero-order valence-corrected chi connectivity index (χ0v) is 19.2. The Bertz CT molecular complexity index is 1210. The third kappa shape index (κ3) is 4.15. The molecule has 1 saturated heterocycles. The number of methoxy groups -OCH3 is 3. The number of anilines is 2. The highest BCUT2D eigenvalue weighted by atomic mass is 32.2. The number of esters is 1. The maximum Gasteiger partial charge on any atom is 0.343 e. The van der Waals surface area contributed by atoms with Gasteiger partial charge in [-0.2, -0.15) is 0 Å². The van der Waals surface area contributed by atoms with Crippen molar-refractivity contribution in [1.82, 2.24) is 0 Å². The van der Waals surface area contributed by atoms with E-state index in [2.05, 4.69) is 5.32 Å². The zero-order valence-electron chi connectivity index (χ0n) is 18.4. The van der Waals surface area contributed by atoms with Crippen LogP contribution in [-0.4, -0.2) is 53.9 Å². The van der Waals surface area contributed by atoms with E-state index in [9.17, 15) is 18.0 Å². The first kappa shape index (κ1) is 22.7. The molecule has 2 aromatic rings. The number of hydrogen-bond donors (Lipinski definition) is 1. The predicted octanol–water partition coefficient (Wildman–Crippen LogP) is 2.49. The molecule has 2 aliphatic heterocycles. The molecule has 33 heavy (non-hydrogen) atoms. The maximum atomic E-state index is 12.8. The summed E-state index contributed by atoms with van der Waals surface area (Å²) in [4.78, 5) is 25.2. The van der Waals surface area contributed by atoms with Crippen LogP contribution < -0.4 is 23.8 Å². The van der Waals surface area contributed by atoms with Gasteiger partial charge in [0.25, 0.3) is 0 Å². The SMILES string of the molecule is COc1ccc(NC(=O)C[C@H]2OC(=O)c3c2ccc(OC)c3OC)cc1N1CCCS1(=O)=O. The lowest BCUT2D eigenvalue weighted by Gasteiger charge is -2.21. The fourth-order valence-corrected chi connectivity index (χ4v) is 5.64. The molecule has 0 aromatic heterocycles. The molecule has 176 valence electrons. The van der Waals surface area contributed by atoms with Gasteiger partial charge in [0.1, 0.15) is 17.4 Å². The molecule has 1 fully saturated rings. The van der Waals surface area contributed by atoms with Crippen molar-refractivity contribution in [2.75, 3.05) is 43.2 Å². The maximum absolute atomic E-state index is 12.8. The number of carbonyl (C=O) groups excluding carboxylic acids is 2. The first-order chi connectivity index (χ1) is 15.8. The minimum Gasteiger partial charge on any atom is -0.495 e. The van der Waals surface area contributed by atoms with Crippen LogP contribution in [0, 0.1) is 0 Å². The zero-order chi connectivity index (χ0) is 23.8. The number of nitrogens with one attached hydrogen (secondary N) is 1. The van der Waals surface area contributed by atoms with Crippen LogP contribution >= 0.6 is 0 Å². The second kappa shape index (κ2) is 8.81. The molecular weight excluding hydrogens is 452 g/mol. The molecule has 10 nitrogen and oxygen atoms in total. The standard InChI is InChI=1S/C22H24N2O8S/c1-29-16-7-5-13(11-15(16)24-9-4-10-33(24,27)28)23-19(25)12-18-14-6-8-17(30-2)21(31-3)20(14)22(26)32-18/h5-8,11,18H,4,9-10,12H2,1-3H3,(H,23,25)/t18-/m1/s1. The van der Waals surface area contributed by atoms with Gasteiger partial charge in [0.05, 0.1) is 39.2 Å². The molecule has 0 bridgehead atoms. The molecule has 11 heteroatoms. The normalized spacial score (nSPS) is 18.5. The highest BCUT2D eigenvalue weighted by Gasteiger charge is 2.37. The highest BCUT2D eigenvalue weighted by molar-refractivity contribution is 7.93. The molecule has 2 heterocycles. The third-order valence-electron chi connectivity index (χ3n) is 5.58. The molecule has 0 spiro atoms. The van der Waals surface area contributed by atoms with Crippen molar-refractivity contribution in [1.29, 1.82) is 0 Å². The van der Waals surface area contributed by atoms with Crippen molar-refractivity contribution in [3.63, 3.8) is 0 Å². The largest absolute Gasteiger partial charge is 0.495 e. The monoisotopic (exact) mass is 476 g/mol. The Hall–Kier alpha value is -3.47. The van der Waals surface area contributed by atoms with Crippen LogP contribution in [0.3, 0.4) is 0 Å². The second-order valence-electron chi connectivity index (χ2n) is 7.54. The average Bonchev–Trinajstić information content (AvgIpc) is 3.31. The van der Waals surface area contributed by atoms with Crippen LogP contribution in [0.25, 0.3) is 0 Å². The number of amides is 1. The summed E-state index contributed by atoms with van der Waals surface area (Å²) in [5.74, 6) is 0.0990. The smallest absolute Gasteiger partial charge is 0.343 e. The number of carbonyl (C=O) groups is 2. The van der Waals surface area contributed by atoms with E-state index in [1.165, 1.54) is 25.6 Å². The number of hydrogen-bond acceptors (Lipinski definition) is 8. The molecule has 0 unspecified atom stereocenters. The van der Waals surface area contributed by atoms with Crippen LogP contribution in [0.15, 0.2) is 30.3 Å². The molecule has 1 atom stereocenters. The minimum absolute atomic E-state index is 0.0629. The molecular formula is C22H24N2O8S. The van der Waals surface area contributed by atoms with E-state index in [0.717, 1.165) is 0 Å². The van der Waals surface area contributed by atoms with Gasteiger partial charge in [-0.15, -0.1) is 0 Å². The summed E-state index contributed by atoms with van der Waals surface area (Å²) in [6, 6.07) is 8.09. The van der Waals surface area contributed by atoms with Crippen molar-refractivity contribution < 1.29 is 37.0 Å². The number of rotatable bonds is 7. The Kier molecular flexibility index (Phi) is 6.07. The van der Waals surface area contributed by atoms with E-state index in [-0.39, 0.29) is 23.5 Å². The molecule has 2 aromatic carbocycles. The van der Waals surface area contributed by atoms with Gasteiger partial charge in [-0.25, -0.2) is 13.2 Å². The summed E-state index contributed by atoms with van der Waals surface area (Å²) < 4.78 is 47.2. The van der Waals surface area contributed by atoms with E-state index < -0.39 is 28.0 Å². The van der Waals surface area contributed by atoms with Crippen molar-refractivity contribution >= 4 is 33.3 Å². The fourth-order valence-electron chi connectivity index (χ4n) is 4.08. The quantitative estimate of drug-likeness (QED) is 0.605. The number of nitrogens with zero attached hydrogens (tertiary/aromatic N) is 1. The van der Waals surface area contributed by atoms with E-state index in [0.29, 0.717) is 41.4 Å². The van der Waals surface area contributed by atoms with Crippen molar-refractivity contribution in [2.24, 2.45) is 0 Å². The van der Waals surface area contributed by atoms with Gasteiger partial charge in [-0.1, -0.05) is 6.07 Å². The first-order valence-electron chi connectivity index (χ1n) is 10.2. The predicted molar refractivity (Wildman–Crippen MR) is 120 cm³/mol. The number of sulfonamides is 1. The average molecular weight is 477 g/mol. The summed E-state index contributed by atoms with van der Waals surface area (Å²) in [6.07, 6.45) is -0.399. The summed E-state index contributed by atoms with van der Waals surface area (Å²) >= 11 is 0. The molecule has 1 amide bonds. The molecule has 2 aliphatic rings. The Morgan fingerprint density at radius 1 is 1.12 bits per heavy atom. The second-order valence-corrected chi connectivity index (χ2v) is 9.55. The topological polar surface area (TPSA) is 120 Å². The number of cyclic esters (lactones) is 1. The van der Waals surface area contributed by atoms with Crippen molar-refractivity contribution in [3.05, 3.63) is 41.5 Å². The van der Waals surface area contributed by atoms with E-state index in [1.54, 1.807) is 30.3 Å². The van der Waals surface area contributed by atoms with Crippen molar-refractivity contribution in [3.8, 4) is 17.2 Å². The molecule has 0 saturated carbocycles. The Morgan fingerprint density at radius 3 is 2.48 bits per heavy atom. The van der Waals surface area contributed by atoms with E-state index in [4.69, 9.17) is 18.9 Å². The molecule has 0 radical (unpaired) electrons. The van der Waals surface area contributed by atoms with Gasteiger partial charge in [-0.05, 0) is 30.7 Å². The van der Waals surface area contributed by atoms with Gasteiger partial charge in [0.2, 0.25) is 15.9 Å². The Balaban J connectivity index is 1.54. The number of fused-ring (bicyclic) bond motifs is 1. The number of benzene rings is 2. The van der Waals surface area contributed by atoms with Gasteiger partial charge in [-0.3, -0.25) is 9.10 Å². The molecule has 1 N–H and O–H groups in total. The van der Waals surface area contributed by atoms with Crippen LogP contribution in [0.1, 0.15) is 34.9 Å². The van der Waals surface area contributed by atoms with E-state index in [1.807, 2.05) is 0 Å². The summed E-state index contributed by atoms with van der Waals surface area (Å²) in [7, 11) is 0.914. The van der Waals surface area contributed by atoms with Crippen LogP contribution in [-0.2, 0) is 19.6 Å². The Morgan fingerprint density at radius 2 is 1.85 bits per heavy atom. The summed E-state index contributed by atoms with van der Waals surface area (Å²) in [5, 5.41) is 2.74. The van der Waals surface area contributed by atoms with Gasteiger partial charge >= 0.3 is 5.97 Å². The molecule has 4 rings (SSSR count). The summed E-state index contributed by atoms with van der Waals surface area (Å²) in [6.45, 7) is 0.343. The van der Waals surface area contributed by atoms with Gasteiger partial charge in [0.15, 0.2) is 11.5 Å². The summed E-state index contributed by atoms with van der Waals surface area (Å²) in [5.41, 5.74) is 1.53. The lowest BCUT2D eigenvalue weighted by atomic mass is 10.0. The first-order valence-corrected chi connectivity index (χ1v) is 11.8. The van der Waals surface area contributed by atoms with Gasteiger partial charge in [0, 0.05) is 17.8 Å². The van der Waals surface area contributed by atoms with E-state index >= 15 is 0 Å². The fraction of sp³-hybridized carbons (Fsp3) is 0.364. The molecule has 0 aliphatic carbocycles. The third-order valence-corrected chi connectivity index (χ3v) is 7.43. The van der Waals surface area contributed by atoms with Gasteiger partial charge < -0.3 is 24.3 Å². The minimum atomic E-state index is -3.43. The van der Waals surface area contributed by atoms with Crippen LogP contribution in [0.5, 0.6) is 17.2 Å². The van der Waals surface area contributed by atoms with Crippen molar-refractivity contribution in [2.45, 2.75) is 18.9 Å².